The van der Waals surface area contributed by atoms with Gasteiger partial charge in [-0.15, -0.1) is 0 Å². The summed E-state index contributed by atoms with van der Waals surface area (Å²) in [6, 6.07) is 17.6. The van der Waals surface area contributed by atoms with Crippen LogP contribution in [0.25, 0.3) is 10.8 Å². The summed E-state index contributed by atoms with van der Waals surface area (Å²) in [5, 5.41) is 7.19. The average Bonchev–Trinajstić information content (AvgIpc) is 3.01. The number of hydrogen-bond donors (Lipinski definition) is 2. The number of nitrogens with one attached hydrogen (secondary N) is 2. The molecule has 166 valence electrons. The largest absolute Gasteiger partial charge is 0.352 e. The smallest absolute Gasteiger partial charge is 0.265 e. The Morgan fingerprint density at radius 1 is 0.969 bits per heavy atom. The first-order valence-corrected chi connectivity index (χ1v) is 12.1. The van der Waals surface area contributed by atoms with Gasteiger partial charge in [0.25, 0.3) is 15.9 Å². The number of amides is 2. The Bertz CT molecular complexity index is 1280. The summed E-state index contributed by atoms with van der Waals surface area (Å²) in [4.78, 5) is 25.2. The molecule has 32 heavy (non-hydrogen) atoms. The van der Waals surface area contributed by atoms with Crippen LogP contribution in [0.3, 0.4) is 0 Å². The normalized spacial score (nSPS) is 13.8. The quantitative estimate of drug-likeness (QED) is 0.543. The molecule has 0 aromatic heterocycles. The Hall–Kier alpha value is -3.39. The summed E-state index contributed by atoms with van der Waals surface area (Å²) in [7, 11) is -3.63. The molecule has 3 aromatic carbocycles. The maximum absolute atomic E-state index is 13.0. The number of nitrogens with zero attached hydrogens (tertiary/aromatic N) is 1. The molecule has 2 N–H and O–H groups in total. The number of sulfonamides is 1. The summed E-state index contributed by atoms with van der Waals surface area (Å²) in [6.45, 7) is 2.72. The first kappa shape index (κ1) is 21.8. The molecule has 0 saturated carbocycles. The van der Waals surface area contributed by atoms with Crippen LogP contribution in [0.1, 0.15) is 36.5 Å². The van der Waals surface area contributed by atoms with Crippen LogP contribution in [0, 0.1) is 0 Å². The van der Waals surface area contributed by atoms with Gasteiger partial charge in [-0.05, 0) is 42.5 Å². The zero-order valence-electron chi connectivity index (χ0n) is 17.8. The highest BCUT2D eigenvalue weighted by Gasteiger charge is 2.35. The summed E-state index contributed by atoms with van der Waals surface area (Å²) in [5.41, 5.74) is 1.49. The van der Waals surface area contributed by atoms with Crippen LogP contribution in [0.15, 0.2) is 65.6 Å². The van der Waals surface area contributed by atoms with E-state index >= 15 is 0 Å². The summed E-state index contributed by atoms with van der Waals surface area (Å²) < 4.78 is 27.4. The molecule has 3 aromatic rings. The number of rotatable bonds is 8. The lowest BCUT2D eigenvalue weighted by Gasteiger charge is -2.18. The van der Waals surface area contributed by atoms with Gasteiger partial charge in [0.05, 0.1) is 21.8 Å². The molecule has 1 heterocycles. The monoisotopic (exact) mass is 451 g/mol. The van der Waals surface area contributed by atoms with Crippen molar-refractivity contribution in [1.29, 1.82) is 0 Å². The molecule has 0 atom stereocenters. The van der Waals surface area contributed by atoms with Crippen molar-refractivity contribution in [3.05, 3.63) is 66.2 Å². The third kappa shape index (κ3) is 4.05. The van der Waals surface area contributed by atoms with E-state index < -0.39 is 10.0 Å². The van der Waals surface area contributed by atoms with Crippen LogP contribution in [0.5, 0.6) is 0 Å². The van der Waals surface area contributed by atoms with E-state index in [2.05, 4.69) is 10.6 Å². The zero-order valence-corrected chi connectivity index (χ0v) is 18.6. The molecular formula is C24H25N3O4S. The van der Waals surface area contributed by atoms with Crippen molar-refractivity contribution in [2.45, 2.75) is 31.1 Å². The lowest BCUT2D eigenvalue weighted by atomic mass is 10.1. The lowest BCUT2D eigenvalue weighted by Crippen LogP contribution is -2.29. The molecule has 0 bridgehead atoms. The van der Waals surface area contributed by atoms with Crippen molar-refractivity contribution < 1.29 is 18.0 Å². The molecule has 0 aliphatic carbocycles. The average molecular weight is 452 g/mol. The second-order valence-corrected chi connectivity index (χ2v) is 9.49. The number of para-hydroxylation sites is 1. The molecule has 0 saturated heterocycles. The van der Waals surface area contributed by atoms with Gasteiger partial charge < -0.3 is 10.6 Å². The third-order valence-corrected chi connectivity index (χ3v) is 7.28. The molecule has 2 amide bonds. The number of hydrogen-bond acceptors (Lipinski definition) is 4. The van der Waals surface area contributed by atoms with Gasteiger partial charge in [-0.3, -0.25) is 13.9 Å². The Morgan fingerprint density at radius 3 is 2.50 bits per heavy atom. The highest BCUT2D eigenvalue weighted by molar-refractivity contribution is 7.93. The molecule has 0 spiro atoms. The van der Waals surface area contributed by atoms with E-state index in [1.165, 1.54) is 4.31 Å². The highest BCUT2D eigenvalue weighted by atomic mass is 32.2. The molecule has 1 aliphatic heterocycles. The second kappa shape index (κ2) is 9.00. The first-order valence-electron chi connectivity index (χ1n) is 10.6. The predicted molar refractivity (Wildman–Crippen MR) is 125 cm³/mol. The minimum absolute atomic E-state index is 0.128. The van der Waals surface area contributed by atoms with Crippen molar-refractivity contribution in [2.75, 3.05) is 22.7 Å². The van der Waals surface area contributed by atoms with Crippen molar-refractivity contribution in [3.63, 3.8) is 0 Å². The van der Waals surface area contributed by atoms with Crippen LogP contribution in [-0.2, 0) is 14.8 Å². The van der Waals surface area contributed by atoms with Crippen molar-refractivity contribution in [2.24, 2.45) is 0 Å². The van der Waals surface area contributed by atoms with E-state index in [1.807, 2.05) is 25.1 Å². The van der Waals surface area contributed by atoms with E-state index in [4.69, 9.17) is 0 Å². The van der Waals surface area contributed by atoms with Gasteiger partial charge in [0, 0.05) is 24.9 Å². The Labute approximate surface area is 187 Å². The zero-order chi connectivity index (χ0) is 22.7. The standard InChI is InChI=1S/C24H25N3O4S/c1-2-15-25-24(29)18-10-3-4-11-19(18)26-22(28)14-7-16-27-20-12-5-8-17-9-6-13-21(23(17)20)32(27,30)31/h3-6,8-13H,2,7,14-16H2,1H3,(H,25,29)(H,26,28). The van der Waals surface area contributed by atoms with E-state index in [1.54, 1.807) is 42.5 Å². The van der Waals surface area contributed by atoms with Crippen LogP contribution in [-0.4, -0.2) is 33.3 Å². The minimum Gasteiger partial charge on any atom is -0.352 e. The number of benzene rings is 3. The summed E-state index contributed by atoms with van der Waals surface area (Å²) >= 11 is 0. The van der Waals surface area contributed by atoms with E-state index in [0.29, 0.717) is 34.8 Å². The third-order valence-electron chi connectivity index (χ3n) is 5.43. The first-order chi connectivity index (χ1) is 15.4. The summed E-state index contributed by atoms with van der Waals surface area (Å²) in [5.74, 6) is -0.509. The second-order valence-electron chi connectivity index (χ2n) is 7.66. The molecule has 7 nitrogen and oxygen atoms in total. The Balaban J connectivity index is 1.42. The highest BCUT2D eigenvalue weighted by Crippen LogP contribution is 2.41. The minimum atomic E-state index is -3.63. The Morgan fingerprint density at radius 2 is 1.72 bits per heavy atom. The fourth-order valence-electron chi connectivity index (χ4n) is 3.92. The van der Waals surface area contributed by atoms with Crippen LogP contribution < -0.4 is 14.9 Å². The van der Waals surface area contributed by atoms with E-state index in [0.717, 1.165) is 17.2 Å². The molecule has 0 radical (unpaired) electrons. The van der Waals surface area contributed by atoms with Crippen molar-refractivity contribution in [1.82, 2.24) is 5.32 Å². The Kier molecular flexibility index (Phi) is 6.14. The molecular weight excluding hydrogens is 426 g/mol. The maximum atomic E-state index is 13.0. The molecule has 1 aliphatic rings. The summed E-state index contributed by atoms with van der Waals surface area (Å²) in [6.07, 6.45) is 1.29. The van der Waals surface area contributed by atoms with Crippen molar-refractivity contribution >= 4 is 44.0 Å². The van der Waals surface area contributed by atoms with E-state index in [9.17, 15) is 18.0 Å². The van der Waals surface area contributed by atoms with Gasteiger partial charge in [0.2, 0.25) is 5.91 Å². The van der Waals surface area contributed by atoms with Gasteiger partial charge in [0.15, 0.2) is 0 Å². The van der Waals surface area contributed by atoms with Crippen LogP contribution >= 0.6 is 0 Å². The number of anilines is 2. The van der Waals surface area contributed by atoms with Crippen molar-refractivity contribution in [3.8, 4) is 0 Å². The van der Waals surface area contributed by atoms with Gasteiger partial charge in [-0.25, -0.2) is 8.42 Å². The number of carbonyl (C=O) groups is 2. The molecule has 0 unspecified atom stereocenters. The lowest BCUT2D eigenvalue weighted by molar-refractivity contribution is -0.116. The van der Waals surface area contributed by atoms with Gasteiger partial charge in [0.1, 0.15) is 0 Å². The fourth-order valence-corrected chi connectivity index (χ4v) is 5.67. The van der Waals surface area contributed by atoms with Gasteiger partial charge >= 0.3 is 0 Å². The SMILES string of the molecule is CCCNC(=O)c1ccccc1NC(=O)CCCN1c2cccc3cccc(c23)S1(=O)=O. The fraction of sp³-hybridized carbons (Fsp3) is 0.250. The van der Waals surface area contributed by atoms with Crippen LogP contribution in [0.4, 0.5) is 11.4 Å². The maximum Gasteiger partial charge on any atom is 0.265 e. The van der Waals surface area contributed by atoms with Gasteiger partial charge in [-0.1, -0.05) is 43.3 Å². The van der Waals surface area contributed by atoms with Gasteiger partial charge in [-0.2, -0.15) is 0 Å². The predicted octanol–water partition coefficient (Wildman–Crippen LogP) is 3.91. The number of carbonyl (C=O) groups excluding carboxylic acids is 2. The molecule has 8 heteroatoms. The topological polar surface area (TPSA) is 95.6 Å². The molecule has 0 fully saturated rings. The van der Waals surface area contributed by atoms with E-state index in [-0.39, 0.29) is 24.8 Å². The molecule has 4 rings (SSSR count). The van der Waals surface area contributed by atoms with Crippen LogP contribution in [0.2, 0.25) is 0 Å².